The molecule has 0 fully saturated rings. The van der Waals surface area contributed by atoms with Gasteiger partial charge in [0.1, 0.15) is 0 Å². The van der Waals surface area contributed by atoms with Gasteiger partial charge in [-0.05, 0) is 46.1 Å². The monoisotopic (exact) mass is 195 g/mol. The van der Waals surface area contributed by atoms with E-state index in [1.807, 2.05) is 17.8 Å². The Morgan fingerprint density at radius 3 is 2.57 bits per heavy atom. The van der Waals surface area contributed by atoms with Crippen LogP contribution in [-0.2, 0) is 12.0 Å². The van der Waals surface area contributed by atoms with Gasteiger partial charge >= 0.3 is 0 Å². The zero-order valence-electron chi connectivity index (χ0n) is 9.62. The maximum atomic E-state index is 5.71. The van der Waals surface area contributed by atoms with E-state index in [0.717, 1.165) is 12.8 Å². The summed E-state index contributed by atoms with van der Waals surface area (Å²) in [7, 11) is 0. The van der Waals surface area contributed by atoms with Crippen molar-refractivity contribution in [2.24, 2.45) is 5.73 Å². The molecule has 0 bridgehead atoms. The van der Waals surface area contributed by atoms with Crippen LogP contribution in [0.4, 0.5) is 0 Å². The molecule has 1 rings (SSSR count). The second-order valence-corrected chi connectivity index (χ2v) is 4.98. The third-order valence-electron chi connectivity index (χ3n) is 2.21. The standard InChI is InChI=1S/C11H21N3/c1-9(12)5-6-10-7-13-14(8-10)11(2,3)4/h7-9H,5-6,12H2,1-4H3/t9-/m0/s1. The molecule has 0 amide bonds. The van der Waals surface area contributed by atoms with Gasteiger partial charge in [-0.1, -0.05) is 0 Å². The number of rotatable bonds is 3. The van der Waals surface area contributed by atoms with Crippen molar-refractivity contribution in [1.82, 2.24) is 9.78 Å². The zero-order chi connectivity index (χ0) is 10.8. The molecule has 2 N–H and O–H groups in total. The van der Waals surface area contributed by atoms with Crippen LogP contribution in [-0.4, -0.2) is 15.8 Å². The molecule has 0 aliphatic carbocycles. The largest absolute Gasteiger partial charge is 0.328 e. The van der Waals surface area contributed by atoms with Gasteiger partial charge in [-0.15, -0.1) is 0 Å². The Morgan fingerprint density at radius 2 is 2.14 bits per heavy atom. The molecule has 0 aliphatic rings. The number of hydrogen-bond acceptors (Lipinski definition) is 2. The summed E-state index contributed by atoms with van der Waals surface area (Å²) in [4.78, 5) is 0. The Balaban J connectivity index is 2.60. The van der Waals surface area contributed by atoms with Gasteiger partial charge in [-0.25, -0.2) is 0 Å². The van der Waals surface area contributed by atoms with Gasteiger partial charge in [0.15, 0.2) is 0 Å². The molecule has 0 saturated carbocycles. The van der Waals surface area contributed by atoms with E-state index in [0.29, 0.717) is 0 Å². The van der Waals surface area contributed by atoms with Crippen LogP contribution in [0.1, 0.15) is 39.7 Å². The van der Waals surface area contributed by atoms with Crippen LogP contribution in [0.5, 0.6) is 0 Å². The fraction of sp³-hybridized carbons (Fsp3) is 0.727. The maximum absolute atomic E-state index is 5.71. The predicted molar refractivity (Wildman–Crippen MR) is 59.2 cm³/mol. The van der Waals surface area contributed by atoms with Crippen molar-refractivity contribution in [3.05, 3.63) is 18.0 Å². The summed E-state index contributed by atoms with van der Waals surface area (Å²) in [5.74, 6) is 0. The van der Waals surface area contributed by atoms with Crippen molar-refractivity contribution in [2.75, 3.05) is 0 Å². The molecule has 0 aliphatic heterocycles. The summed E-state index contributed by atoms with van der Waals surface area (Å²) in [6.45, 7) is 8.48. The number of nitrogens with zero attached hydrogens (tertiary/aromatic N) is 2. The van der Waals surface area contributed by atoms with E-state index in [9.17, 15) is 0 Å². The first-order valence-electron chi connectivity index (χ1n) is 5.19. The molecule has 0 spiro atoms. The van der Waals surface area contributed by atoms with Crippen molar-refractivity contribution in [3.8, 4) is 0 Å². The lowest BCUT2D eigenvalue weighted by Gasteiger charge is -2.18. The summed E-state index contributed by atoms with van der Waals surface area (Å²) < 4.78 is 2.00. The van der Waals surface area contributed by atoms with Gasteiger partial charge in [0.05, 0.1) is 11.7 Å². The average molecular weight is 195 g/mol. The molecule has 3 heteroatoms. The van der Waals surface area contributed by atoms with Crippen LogP contribution in [0.3, 0.4) is 0 Å². The van der Waals surface area contributed by atoms with Gasteiger partial charge in [0.25, 0.3) is 0 Å². The summed E-state index contributed by atoms with van der Waals surface area (Å²) in [6, 6.07) is 0.271. The number of aromatic nitrogens is 2. The highest BCUT2D eigenvalue weighted by atomic mass is 15.3. The van der Waals surface area contributed by atoms with Crippen LogP contribution >= 0.6 is 0 Å². The normalized spacial score (nSPS) is 14.4. The molecule has 1 aromatic rings. The SMILES string of the molecule is C[C@H](N)CCc1cnn(C(C)(C)C)c1. The van der Waals surface area contributed by atoms with E-state index in [2.05, 4.69) is 32.1 Å². The average Bonchev–Trinajstić information content (AvgIpc) is 2.47. The molecule has 0 saturated heterocycles. The van der Waals surface area contributed by atoms with Crippen molar-refractivity contribution < 1.29 is 0 Å². The molecule has 3 nitrogen and oxygen atoms in total. The van der Waals surface area contributed by atoms with Crippen LogP contribution < -0.4 is 5.73 Å². The highest BCUT2D eigenvalue weighted by molar-refractivity contribution is 5.05. The Bertz CT molecular complexity index is 281. The van der Waals surface area contributed by atoms with Crippen LogP contribution in [0.25, 0.3) is 0 Å². The van der Waals surface area contributed by atoms with Crippen LogP contribution in [0.15, 0.2) is 12.4 Å². The van der Waals surface area contributed by atoms with Crippen molar-refractivity contribution in [2.45, 2.75) is 52.1 Å². The van der Waals surface area contributed by atoms with E-state index in [-0.39, 0.29) is 11.6 Å². The molecule has 1 atom stereocenters. The van der Waals surface area contributed by atoms with E-state index >= 15 is 0 Å². The molecule has 80 valence electrons. The molecule has 1 aromatic heterocycles. The zero-order valence-corrected chi connectivity index (χ0v) is 9.62. The molecule has 1 heterocycles. The molecule has 0 aromatic carbocycles. The summed E-state index contributed by atoms with van der Waals surface area (Å²) in [6.07, 6.45) is 6.10. The smallest absolute Gasteiger partial charge is 0.0543 e. The van der Waals surface area contributed by atoms with Gasteiger partial charge in [0.2, 0.25) is 0 Å². The van der Waals surface area contributed by atoms with Crippen molar-refractivity contribution in [1.29, 1.82) is 0 Å². The fourth-order valence-corrected chi connectivity index (χ4v) is 1.25. The summed E-state index contributed by atoms with van der Waals surface area (Å²) in [5, 5.41) is 4.34. The molecular formula is C11H21N3. The van der Waals surface area contributed by atoms with Crippen LogP contribution in [0.2, 0.25) is 0 Å². The molecule has 0 unspecified atom stereocenters. The second kappa shape index (κ2) is 4.13. The van der Waals surface area contributed by atoms with Gasteiger partial charge in [-0.3, -0.25) is 4.68 Å². The van der Waals surface area contributed by atoms with Gasteiger partial charge < -0.3 is 5.73 Å². The lowest BCUT2D eigenvalue weighted by Crippen LogP contribution is -2.22. The molecule has 0 radical (unpaired) electrons. The molecule has 14 heavy (non-hydrogen) atoms. The van der Waals surface area contributed by atoms with Crippen molar-refractivity contribution in [3.63, 3.8) is 0 Å². The van der Waals surface area contributed by atoms with E-state index in [1.54, 1.807) is 0 Å². The Morgan fingerprint density at radius 1 is 1.50 bits per heavy atom. The highest BCUT2D eigenvalue weighted by Gasteiger charge is 2.13. The minimum Gasteiger partial charge on any atom is -0.328 e. The minimum atomic E-state index is 0.0760. The van der Waals surface area contributed by atoms with Crippen molar-refractivity contribution >= 4 is 0 Å². The van der Waals surface area contributed by atoms with Gasteiger partial charge in [-0.2, -0.15) is 5.10 Å². The second-order valence-electron chi connectivity index (χ2n) is 4.98. The predicted octanol–water partition coefficient (Wildman–Crippen LogP) is 1.92. The minimum absolute atomic E-state index is 0.0760. The van der Waals surface area contributed by atoms with E-state index in [4.69, 9.17) is 5.73 Å². The fourth-order valence-electron chi connectivity index (χ4n) is 1.25. The third-order valence-corrected chi connectivity index (χ3v) is 2.21. The highest BCUT2D eigenvalue weighted by Crippen LogP contribution is 2.14. The third kappa shape index (κ3) is 3.14. The summed E-state index contributed by atoms with van der Waals surface area (Å²) in [5.41, 5.74) is 7.06. The van der Waals surface area contributed by atoms with Gasteiger partial charge in [0, 0.05) is 12.2 Å². The lowest BCUT2D eigenvalue weighted by molar-refractivity contribution is 0.355. The number of nitrogens with two attached hydrogens (primary N) is 1. The summed E-state index contributed by atoms with van der Waals surface area (Å²) >= 11 is 0. The Kier molecular flexibility index (Phi) is 3.32. The molecular weight excluding hydrogens is 174 g/mol. The number of hydrogen-bond donors (Lipinski definition) is 1. The quantitative estimate of drug-likeness (QED) is 0.800. The first-order valence-corrected chi connectivity index (χ1v) is 5.19. The topological polar surface area (TPSA) is 43.8 Å². The number of aryl methyl sites for hydroxylation is 1. The Hall–Kier alpha value is -0.830. The van der Waals surface area contributed by atoms with Crippen LogP contribution in [0, 0.1) is 0 Å². The Labute approximate surface area is 86.3 Å². The lowest BCUT2D eigenvalue weighted by atomic mass is 10.1. The first kappa shape index (κ1) is 11.2. The van der Waals surface area contributed by atoms with E-state index < -0.39 is 0 Å². The maximum Gasteiger partial charge on any atom is 0.0543 e. The first-order chi connectivity index (χ1) is 6.39. The van der Waals surface area contributed by atoms with E-state index in [1.165, 1.54) is 5.56 Å².